The lowest BCUT2D eigenvalue weighted by Gasteiger charge is -2.39. The van der Waals surface area contributed by atoms with E-state index in [0.717, 1.165) is 37.2 Å². The highest BCUT2D eigenvalue weighted by Gasteiger charge is 2.29. The van der Waals surface area contributed by atoms with Gasteiger partial charge in [-0.3, -0.25) is 9.80 Å². The molecule has 0 aliphatic carbocycles. The lowest BCUT2D eigenvalue weighted by atomic mass is 10.0. The monoisotopic (exact) mass is 387 g/mol. The molecule has 0 spiro atoms. The zero-order chi connectivity index (χ0) is 19.9. The minimum atomic E-state index is 0.348. The van der Waals surface area contributed by atoms with Gasteiger partial charge in [-0.1, -0.05) is 0 Å². The van der Waals surface area contributed by atoms with Crippen LogP contribution in [0.1, 0.15) is 38.8 Å². The van der Waals surface area contributed by atoms with Crippen LogP contribution in [-0.4, -0.2) is 74.0 Å². The normalized spacial score (nSPS) is 21.6. The third-order valence-electron chi connectivity index (χ3n) is 5.91. The van der Waals surface area contributed by atoms with E-state index >= 15 is 0 Å². The standard InChI is InChI=1S/C20H34N8/c1-16(2)26-12-8-17(9-13-26)27-10-5-11-28(15-14-27)19-7-4-6-18(23-19)20(21)24-25-22-3/h4,6-7,16-17H,5,8-15H2,1-3H3,(H2,21,22,24)/p+1. The Labute approximate surface area is 168 Å². The maximum atomic E-state index is 6.00. The molecule has 2 saturated heterocycles. The molecule has 8 nitrogen and oxygen atoms in total. The lowest BCUT2D eigenvalue weighted by Crippen LogP contribution is -2.47. The highest BCUT2D eigenvalue weighted by atomic mass is 15.4. The Morgan fingerprint density at radius 2 is 1.89 bits per heavy atom. The summed E-state index contributed by atoms with van der Waals surface area (Å²) in [5.41, 5.74) is 6.77. The fourth-order valence-corrected chi connectivity index (χ4v) is 4.25. The van der Waals surface area contributed by atoms with Crippen molar-refractivity contribution in [3.63, 3.8) is 0 Å². The van der Waals surface area contributed by atoms with Gasteiger partial charge in [0.2, 0.25) is 0 Å². The fraction of sp³-hybridized carbons (Fsp3) is 0.700. The number of anilines is 1. The highest BCUT2D eigenvalue weighted by Crippen LogP contribution is 2.20. The van der Waals surface area contributed by atoms with Crippen molar-refractivity contribution in [2.24, 2.45) is 21.2 Å². The predicted molar refractivity (Wildman–Crippen MR) is 113 cm³/mol. The number of aromatic amines is 1. The quantitative estimate of drug-likeness (QED) is 0.360. The molecule has 0 unspecified atom stereocenters. The predicted octanol–water partition coefficient (Wildman–Crippen LogP) is 1.59. The molecule has 0 radical (unpaired) electrons. The number of rotatable bonds is 5. The van der Waals surface area contributed by atoms with Crippen molar-refractivity contribution in [3.05, 3.63) is 23.9 Å². The Kier molecular flexibility index (Phi) is 7.33. The van der Waals surface area contributed by atoms with E-state index in [1.54, 1.807) is 7.05 Å². The Morgan fingerprint density at radius 1 is 1.11 bits per heavy atom. The Hall–Kier alpha value is -2.06. The second-order valence-electron chi connectivity index (χ2n) is 7.96. The molecular formula is C20H35N8+. The number of nitrogens with one attached hydrogen (secondary N) is 1. The number of likely N-dealkylation sites (tertiary alicyclic amines) is 1. The van der Waals surface area contributed by atoms with Crippen molar-refractivity contribution in [1.82, 2.24) is 9.80 Å². The number of amidine groups is 1. The molecule has 0 bridgehead atoms. The number of nitrogens with zero attached hydrogens (tertiary/aromatic N) is 6. The van der Waals surface area contributed by atoms with Crippen LogP contribution in [0.5, 0.6) is 0 Å². The van der Waals surface area contributed by atoms with Gasteiger partial charge in [0.1, 0.15) is 0 Å². The van der Waals surface area contributed by atoms with Gasteiger partial charge in [0, 0.05) is 31.2 Å². The molecule has 1 aromatic rings. The van der Waals surface area contributed by atoms with Crippen molar-refractivity contribution in [3.8, 4) is 0 Å². The maximum Gasteiger partial charge on any atom is 0.274 e. The van der Waals surface area contributed by atoms with Crippen LogP contribution in [0, 0.1) is 0 Å². The number of nitrogens with two attached hydrogens (primary N) is 1. The second-order valence-corrected chi connectivity index (χ2v) is 7.96. The first kappa shape index (κ1) is 20.7. The summed E-state index contributed by atoms with van der Waals surface area (Å²) in [6, 6.07) is 7.43. The van der Waals surface area contributed by atoms with Crippen molar-refractivity contribution in [1.29, 1.82) is 0 Å². The molecule has 3 N–H and O–H groups in total. The fourth-order valence-electron chi connectivity index (χ4n) is 4.25. The summed E-state index contributed by atoms with van der Waals surface area (Å²) in [5, 5.41) is 11.1. The summed E-state index contributed by atoms with van der Waals surface area (Å²) < 4.78 is 0. The van der Waals surface area contributed by atoms with Gasteiger partial charge in [-0.2, -0.15) is 5.11 Å². The van der Waals surface area contributed by atoms with Gasteiger partial charge in [-0.25, -0.2) is 4.98 Å². The van der Waals surface area contributed by atoms with Gasteiger partial charge in [0.15, 0.2) is 11.5 Å². The van der Waals surface area contributed by atoms with E-state index in [4.69, 9.17) is 5.73 Å². The van der Waals surface area contributed by atoms with Crippen LogP contribution < -0.4 is 15.6 Å². The van der Waals surface area contributed by atoms with Crippen LogP contribution in [0.3, 0.4) is 0 Å². The average Bonchev–Trinajstić information content (AvgIpc) is 2.98. The Balaban J connectivity index is 1.60. The summed E-state index contributed by atoms with van der Waals surface area (Å²) in [7, 11) is 1.58. The first-order valence-electron chi connectivity index (χ1n) is 10.5. The van der Waals surface area contributed by atoms with Gasteiger partial charge in [0.25, 0.3) is 5.82 Å². The van der Waals surface area contributed by atoms with Gasteiger partial charge in [-0.05, 0) is 63.6 Å². The number of hydrogen-bond donors (Lipinski definition) is 1. The highest BCUT2D eigenvalue weighted by molar-refractivity contribution is 5.94. The third-order valence-corrected chi connectivity index (χ3v) is 5.91. The van der Waals surface area contributed by atoms with E-state index in [2.05, 4.69) is 55.0 Å². The molecule has 0 atom stereocenters. The van der Waals surface area contributed by atoms with Gasteiger partial charge >= 0.3 is 0 Å². The van der Waals surface area contributed by atoms with E-state index in [9.17, 15) is 0 Å². The number of hydrogen-bond acceptors (Lipinski definition) is 5. The summed E-state index contributed by atoms with van der Waals surface area (Å²) in [6.45, 7) is 11.4. The first-order valence-corrected chi connectivity index (χ1v) is 10.5. The SMILES string of the molecule is CN=NN=C(N)c1cccc(N2CCCN(C3CCN(C(C)C)CC3)CC2)[nH+]1. The molecule has 28 heavy (non-hydrogen) atoms. The zero-order valence-corrected chi connectivity index (χ0v) is 17.5. The summed E-state index contributed by atoms with van der Waals surface area (Å²) in [5.74, 6) is 1.43. The molecule has 3 heterocycles. The molecule has 2 aliphatic heterocycles. The average molecular weight is 388 g/mol. The van der Waals surface area contributed by atoms with Crippen LogP contribution in [0.25, 0.3) is 0 Å². The van der Waals surface area contributed by atoms with Crippen LogP contribution >= 0.6 is 0 Å². The molecule has 154 valence electrons. The molecule has 2 fully saturated rings. The largest absolute Gasteiger partial charge is 0.379 e. The van der Waals surface area contributed by atoms with E-state index < -0.39 is 0 Å². The van der Waals surface area contributed by atoms with E-state index in [-0.39, 0.29) is 0 Å². The summed E-state index contributed by atoms with van der Waals surface area (Å²) in [6.07, 6.45) is 3.76. The van der Waals surface area contributed by atoms with Crippen LogP contribution in [0.2, 0.25) is 0 Å². The Morgan fingerprint density at radius 3 is 2.61 bits per heavy atom. The number of aromatic nitrogens is 1. The van der Waals surface area contributed by atoms with Crippen LogP contribution in [-0.2, 0) is 0 Å². The van der Waals surface area contributed by atoms with Crippen LogP contribution in [0.15, 0.2) is 33.6 Å². The van der Waals surface area contributed by atoms with Gasteiger partial charge < -0.3 is 10.6 Å². The molecule has 8 heteroatoms. The molecule has 3 rings (SSSR count). The lowest BCUT2D eigenvalue weighted by molar-refractivity contribution is -0.366. The van der Waals surface area contributed by atoms with Crippen molar-refractivity contribution >= 4 is 11.7 Å². The van der Waals surface area contributed by atoms with E-state index in [0.29, 0.717) is 11.9 Å². The summed E-state index contributed by atoms with van der Waals surface area (Å²) >= 11 is 0. The zero-order valence-electron chi connectivity index (χ0n) is 17.5. The topological polar surface area (TPSA) is 87.0 Å². The number of H-pyrrole nitrogens is 1. The molecule has 2 aliphatic rings. The van der Waals surface area contributed by atoms with E-state index in [1.807, 2.05) is 12.1 Å². The Bertz CT molecular complexity index is 679. The van der Waals surface area contributed by atoms with E-state index in [1.165, 1.54) is 38.9 Å². The number of piperidine rings is 1. The van der Waals surface area contributed by atoms with Crippen molar-refractivity contribution in [2.75, 3.05) is 51.2 Å². The molecule has 1 aromatic heterocycles. The number of pyridine rings is 1. The van der Waals surface area contributed by atoms with Crippen LogP contribution in [0.4, 0.5) is 5.82 Å². The molecule has 0 aromatic carbocycles. The molecule has 0 amide bonds. The van der Waals surface area contributed by atoms with Crippen molar-refractivity contribution in [2.45, 2.75) is 45.2 Å². The third kappa shape index (κ3) is 5.26. The molecular weight excluding hydrogens is 352 g/mol. The minimum Gasteiger partial charge on any atom is -0.379 e. The van der Waals surface area contributed by atoms with Crippen molar-refractivity contribution < 1.29 is 4.98 Å². The maximum absolute atomic E-state index is 6.00. The van der Waals surface area contributed by atoms with Gasteiger partial charge in [-0.15, -0.1) is 5.10 Å². The summed E-state index contributed by atoms with van der Waals surface area (Å²) in [4.78, 5) is 11.1. The smallest absolute Gasteiger partial charge is 0.274 e. The molecule has 0 saturated carbocycles. The first-order chi connectivity index (χ1) is 13.6. The minimum absolute atomic E-state index is 0.348. The second kappa shape index (κ2) is 9.93. The van der Waals surface area contributed by atoms with Gasteiger partial charge in [0.05, 0.1) is 20.1 Å².